The summed E-state index contributed by atoms with van der Waals surface area (Å²) in [6.07, 6.45) is -0.423. The fourth-order valence-corrected chi connectivity index (χ4v) is 1.81. The summed E-state index contributed by atoms with van der Waals surface area (Å²) < 4.78 is 44.4. The third kappa shape index (κ3) is 2.70. The van der Waals surface area contributed by atoms with Gasteiger partial charge in [-0.2, -0.15) is 0 Å². The summed E-state index contributed by atoms with van der Waals surface area (Å²) in [6.45, 7) is 1.65. The van der Waals surface area contributed by atoms with Crippen molar-refractivity contribution in [3.8, 4) is 0 Å². The van der Waals surface area contributed by atoms with Crippen LogP contribution in [0.4, 0.5) is 13.2 Å². The minimum absolute atomic E-state index is 0.0605. The maximum absolute atomic E-state index is 13.4. The average Bonchev–Trinajstić information content (AvgIpc) is 2.37. The van der Waals surface area contributed by atoms with Crippen molar-refractivity contribution in [3.05, 3.63) is 35.1 Å². The van der Waals surface area contributed by atoms with Gasteiger partial charge in [-0.15, -0.1) is 0 Å². The molecule has 1 saturated heterocycles. The molecule has 6 heteroatoms. The normalized spacial score (nSPS) is 19.8. The number of morpholine rings is 1. The minimum Gasteiger partial charge on any atom is -0.375 e. The average molecular weight is 259 g/mol. The first-order valence-electron chi connectivity index (χ1n) is 5.58. The number of rotatable bonds is 3. The van der Waals surface area contributed by atoms with Gasteiger partial charge in [-0.25, -0.2) is 13.2 Å². The van der Waals surface area contributed by atoms with E-state index in [1.165, 1.54) is 0 Å². The standard InChI is InChI=1S/C12H12F3NO2/c13-9-2-1-8(11(14)12(9)15)10(17)5-7-6-16-3-4-18-7/h1-2,7,16H,3-6H2. The maximum atomic E-state index is 13.4. The SMILES string of the molecule is O=C(CC1CNCCO1)c1ccc(F)c(F)c1F. The molecule has 1 aromatic carbocycles. The number of nitrogens with one attached hydrogen (secondary N) is 1. The monoisotopic (exact) mass is 259 g/mol. The molecule has 98 valence electrons. The Bertz CT molecular complexity index is 459. The largest absolute Gasteiger partial charge is 0.375 e. The molecule has 0 aliphatic carbocycles. The number of halogens is 3. The Hall–Kier alpha value is -1.40. The number of ketones is 1. The second kappa shape index (κ2) is 5.49. The lowest BCUT2D eigenvalue weighted by Crippen LogP contribution is -2.39. The van der Waals surface area contributed by atoms with Gasteiger partial charge in [0.2, 0.25) is 0 Å². The van der Waals surface area contributed by atoms with Crippen LogP contribution in [-0.2, 0) is 4.74 Å². The van der Waals surface area contributed by atoms with E-state index in [0.29, 0.717) is 19.7 Å². The number of Topliss-reactive ketones (excluding diaryl/α,β-unsaturated/α-hetero) is 1. The molecule has 3 nitrogen and oxygen atoms in total. The maximum Gasteiger partial charge on any atom is 0.195 e. The lowest BCUT2D eigenvalue weighted by atomic mass is 10.0. The van der Waals surface area contributed by atoms with Crippen molar-refractivity contribution >= 4 is 5.78 Å². The van der Waals surface area contributed by atoms with Crippen LogP contribution in [0.1, 0.15) is 16.8 Å². The molecule has 2 rings (SSSR count). The third-order valence-electron chi connectivity index (χ3n) is 2.75. The highest BCUT2D eigenvalue weighted by molar-refractivity contribution is 5.96. The summed E-state index contributed by atoms with van der Waals surface area (Å²) >= 11 is 0. The number of hydrogen-bond donors (Lipinski definition) is 1. The first kappa shape index (κ1) is 13.0. The van der Waals surface area contributed by atoms with Crippen LogP contribution in [0.25, 0.3) is 0 Å². The summed E-state index contributed by atoms with van der Waals surface area (Å²) in [7, 11) is 0. The van der Waals surface area contributed by atoms with Crippen LogP contribution in [0, 0.1) is 17.5 Å². The van der Waals surface area contributed by atoms with E-state index in [9.17, 15) is 18.0 Å². The molecule has 0 amide bonds. The van der Waals surface area contributed by atoms with Gasteiger partial charge < -0.3 is 10.1 Å². The third-order valence-corrected chi connectivity index (χ3v) is 2.75. The number of benzene rings is 1. The quantitative estimate of drug-likeness (QED) is 0.663. The van der Waals surface area contributed by atoms with Gasteiger partial charge in [-0.3, -0.25) is 4.79 Å². The molecule has 0 spiro atoms. The second-order valence-corrected chi connectivity index (χ2v) is 4.05. The van der Waals surface area contributed by atoms with E-state index >= 15 is 0 Å². The van der Waals surface area contributed by atoms with Crippen molar-refractivity contribution in [1.29, 1.82) is 0 Å². The highest BCUT2D eigenvalue weighted by Crippen LogP contribution is 2.18. The molecular formula is C12H12F3NO2. The number of ether oxygens (including phenoxy) is 1. The first-order chi connectivity index (χ1) is 8.59. The molecule has 18 heavy (non-hydrogen) atoms. The van der Waals surface area contributed by atoms with E-state index < -0.39 is 28.8 Å². The topological polar surface area (TPSA) is 38.3 Å². The molecule has 0 saturated carbocycles. The molecule has 1 aromatic rings. The smallest absolute Gasteiger partial charge is 0.195 e. The summed E-state index contributed by atoms with van der Waals surface area (Å²) in [5, 5.41) is 3.02. The van der Waals surface area contributed by atoms with Crippen LogP contribution in [-0.4, -0.2) is 31.6 Å². The van der Waals surface area contributed by atoms with E-state index in [4.69, 9.17) is 4.74 Å². The van der Waals surface area contributed by atoms with Gasteiger partial charge in [-0.1, -0.05) is 0 Å². The number of carbonyl (C=O) groups is 1. The molecule has 1 N–H and O–H groups in total. The van der Waals surface area contributed by atoms with Crippen LogP contribution in [0.5, 0.6) is 0 Å². The van der Waals surface area contributed by atoms with E-state index in [1.807, 2.05) is 0 Å². The van der Waals surface area contributed by atoms with Gasteiger partial charge in [0, 0.05) is 19.5 Å². The first-order valence-corrected chi connectivity index (χ1v) is 5.58. The molecule has 1 atom stereocenters. The Balaban J connectivity index is 2.11. The van der Waals surface area contributed by atoms with Gasteiger partial charge in [0.15, 0.2) is 23.2 Å². The predicted octanol–water partition coefficient (Wildman–Crippen LogP) is 1.67. The lowest BCUT2D eigenvalue weighted by Gasteiger charge is -2.23. The summed E-state index contributed by atoms with van der Waals surface area (Å²) in [4.78, 5) is 11.8. The van der Waals surface area contributed by atoms with E-state index in [2.05, 4.69) is 5.32 Å². The molecule has 1 unspecified atom stereocenters. The minimum atomic E-state index is -1.62. The molecule has 0 bridgehead atoms. The van der Waals surface area contributed by atoms with Crippen molar-refractivity contribution in [2.75, 3.05) is 19.7 Å². The Labute approximate surface area is 102 Å². The molecule has 1 fully saturated rings. The number of carbonyl (C=O) groups excluding carboxylic acids is 1. The van der Waals surface area contributed by atoms with E-state index in [0.717, 1.165) is 12.1 Å². The van der Waals surface area contributed by atoms with Gasteiger partial charge in [0.25, 0.3) is 0 Å². The van der Waals surface area contributed by atoms with Gasteiger partial charge in [0.1, 0.15) is 0 Å². The lowest BCUT2D eigenvalue weighted by molar-refractivity contribution is 0.0239. The van der Waals surface area contributed by atoms with Crippen LogP contribution < -0.4 is 5.32 Å². The zero-order valence-corrected chi connectivity index (χ0v) is 9.51. The highest BCUT2D eigenvalue weighted by Gasteiger charge is 2.23. The molecule has 0 aromatic heterocycles. The van der Waals surface area contributed by atoms with Gasteiger partial charge >= 0.3 is 0 Å². The zero-order valence-electron chi connectivity index (χ0n) is 9.51. The Morgan fingerprint density at radius 2 is 2.11 bits per heavy atom. The predicted molar refractivity (Wildman–Crippen MR) is 57.9 cm³/mol. The van der Waals surface area contributed by atoms with Crippen molar-refractivity contribution in [1.82, 2.24) is 5.32 Å². The Morgan fingerprint density at radius 1 is 1.33 bits per heavy atom. The molecule has 1 aliphatic rings. The Kier molecular flexibility index (Phi) is 3.98. The number of hydrogen-bond acceptors (Lipinski definition) is 3. The van der Waals surface area contributed by atoms with Crippen molar-refractivity contribution in [2.45, 2.75) is 12.5 Å². The molecular weight excluding hydrogens is 247 g/mol. The van der Waals surface area contributed by atoms with Gasteiger partial charge in [-0.05, 0) is 12.1 Å². The van der Waals surface area contributed by atoms with Crippen molar-refractivity contribution in [3.63, 3.8) is 0 Å². The van der Waals surface area contributed by atoms with Crippen LogP contribution in [0.2, 0.25) is 0 Å². The fourth-order valence-electron chi connectivity index (χ4n) is 1.81. The second-order valence-electron chi connectivity index (χ2n) is 4.05. The highest BCUT2D eigenvalue weighted by atomic mass is 19.2. The molecule has 1 heterocycles. The van der Waals surface area contributed by atoms with Crippen molar-refractivity contribution < 1.29 is 22.7 Å². The fraction of sp³-hybridized carbons (Fsp3) is 0.417. The summed E-state index contributed by atoms with van der Waals surface area (Å²) in [6, 6.07) is 1.69. The van der Waals surface area contributed by atoms with E-state index in [-0.39, 0.29) is 12.5 Å². The Morgan fingerprint density at radius 3 is 2.78 bits per heavy atom. The summed E-state index contributed by atoms with van der Waals surface area (Å²) in [5.41, 5.74) is -0.442. The van der Waals surface area contributed by atoms with Crippen LogP contribution >= 0.6 is 0 Å². The molecule has 1 aliphatic heterocycles. The van der Waals surface area contributed by atoms with E-state index in [1.54, 1.807) is 0 Å². The zero-order chi connectivity index (χ0) is 13.1. The summed E-state index contributed by atoms with van der Waals surface area (Å²) in [5.74, 6) is -4.97. The van der Waals surface area contributed by atoms with Gasteiger partial charge in [0.05, 0.1) is 18.3 Å². The van der Waals surface area contributed by atoms with Crippen LogP contribution in [0.3, 0.4) is 0 Å². The van der Waals surface area contributed by atoms with Crippen molar-refractivity contribution in [2.24, 2.45) is 0 Å². The van der Waals surface area contributed by atoms with Crippen LogP contribution in [0.15, 0.2) is 12.1 Å². The molecule has 0 radical (unpaired) electrons.